The lowest BCUT2D eigenvalue weighted by Crippen LogP contribution is -2.55. The number of hydrogen-bond donors (Lipinski definition) is 3. The van der Waals surface area contributed by atoms with Gasteiger partial charge in [0.1, 0.15) is 23.7 Å². The first-order valence-electron chi connectivity index (χ1n) is 15.6. The minimum absolute atomic E-state index is 0.0557. The average molecular weight is 680 g/mol. The molecule has 3 aromatic rings. The SMILES string of the molecule is CCOC(=O)[C@H](CCc1nc2cc(N(CCCl)CCCl)ccc2n1C)NC(=O)[C@@H](CC(C)C)NC(=O)[C@@H](N)Cc1ccc(F)cc1. The Balaban J connectivity index is 1.74. The lowest BCUT2D eigenvalue weighted by Gasteiger charge is -2.25. The molecular formula is C33H45Cl2FN6O4. The van der Waals surface area contributed by atoms with E-state index in [2.05, 4.69) is 15.5 Å². The van der Waals surface area contributed by atoms with Crippen LogP contribution >= 0.6 is 23.2 Å². The third kappa shape index (κ3) is 10.6. The molecule has 2 aromatic carbocycles. The Morgan fingerprint density at radius 3 is 2.28 bits per heavy atom. The molecule has 4 N–H and O–H groups in total. The molecule has 0 saturated carbocycles. The zero-order valence-electron chi connectivity index (χ0n) is 26.9. The van der Waals surface area contributed by atoms with E-state index in [0.29, 0.717) is 43.3 Å². The summed E-state index contributed by atoms with van der Waals surface area (Å²) in [6, 6.07) is 8.85. The highest BCUT2D eigenvalue weighted by Crippen LogP contribution is 2.24. The number of carbonyl (C=O) groups is 3. The molecule has 0 bridgehead atoms. The van der Waals surface area contributed by atoms with Gasteiger partial charge in [0, 0.05) is 44.0 Å². The van der Waals surface area contributed by atoms with Crippen molar-refractivity contribution >= 4 is 57.7 Å². The van der Waals surface area contributed by atoms with E-state index in [1.807, 2.05) is 43.7 Å². The highest BCUT2D eigenvalue weighted by molar-refractivity contribution is 6.18. The number of carbonyl (C=O) groups excluding carboxylic acids is 3. The summed E-state index contributed by atoms with van der Waals surface area (Å²) in [6.07, 6.45) is 1.10. The first-order chi connectivity index (χ1) is 22.0. The van der Waals surface area contributed by atoms with E-state index in [4.69, 9.17) is 38.7 Å². The largest absolute Gasteiger partial charge is 0.464 e. The Morgan fingerprint density at radius 2 is 1.67 bits per heavy atom. The zero-order valence-corrected chi connectivity index (χ0v) is 28.4. The summed E-state index contributed by atoms with van der Waals surface area (Å²) in [5.74, 6) is -0.269. The number of hydrogen-bond acceptors (Lipinski definition) is 7. The molecule has 0 spiro atoms. The molecule has 46 heavy (non-hydrogen) atoms. The van der Waals surface area contributed by atoms with Crippen molar-refractivity contribution in [3.05, 3.63) is 59.7 Å². The van der Waals surface area contributed by atoms with Crippen LogP contribution in [0.25, 0.3) is 11.0 Å². The number of nitrogens with zero attached hydrogens (tertiary/aromatic N) is 3. The Labute approximate surface area is 280 Å². The van der Waals surface area contributed by atoms with E-state index in [1.54, 1.807) is 19.1 Å². The number of rotatable bonds is 18. The van der Waals surface area contributed by atoms with Crippen LogP contribution in [-0.2, 0) is 39.0 Å². The Kier molecular flexibility index (Phi) is 14.5. The van der Waals surface area contributed by atoms with Crippen LogP contribution < -0.4 is 21.3 Å². The van der Waals surface area contributed by atoms with E-state index in [0.717, 1.165) is 22.5 Å². The van der Waals surface area contributed by atoms with Gasteiger partial charge in [-0.3, -0.25) is 9.59 Å². The van der Waals surface area contributed by atoms with Gasteiger partial charge in [0.25, 0.3) is 0 Å². The molecule has 0 aliphatic heterocycles. The number of nitrogens with one attached hydrogen (secondary N) is 2. The summed E-state index contributed by atoms with van der Waals surface area (Å²) < 4.78 is 20.5. The number of esters is 1. The molecular weight excluding hydrogens is 634 g/mol. The number of aromatic nitrogens is 2. The first-order valence-corrected chi connectivity index (χ1v) is 16.6. The standard InChI is InChI=1S/C33H45Cl2FN6O4/c1-5-46-33(45)26(11-13-30-38-27-20-24(10-12-29(27)41(30)4)42(16-14-34)17-15-35)39-32(44)28(18-21(2)3)40-31(43)25(37)19-22-6-8-23(36)9-7-22/h6-10,12,20-21,25-26,28H,5,11,13-19,37H2,1-4H3,(H,39,44)(H,40,43)/t25-,26-,28+/m0/s1. The number of imidazole rings is 1. The number of amides is 2. The number of benzene rings is 2. The maximum atomic E-state index is 13.5. The number of ether oxygens (including phenoxy) is 1. The normalized spacial score (nSPS) is 13.3. The van der Waals surface area contributed by atoms with E-state index in [1.165, 1.54) is 12.1 Å². The fourth-order valence-electron chi connectivity index (χ4n) is 5.22. The van der Waals surface area contributed by atoms with Gasteiger partial charge >= 0.3 is 5.97 Å². The van der Waals surface area contributed by atoms with Crippen LogP contribution in [0.15, 0.2) is 42.5 Å². The van der Waals surface area contributed by atoms with E-state index < -0.39 is 35.9 Å². The number of alkyl halides is 2. The van der Waals surface area contributed by atoms with Crippen molar-refractivity contribution in [3.8, 4) is 0 Å². The number of nitrogens with two attached hydrogens (primary N) is 1. The summed E-state index contributed by atoms with van der Waals surface area (Å²) >= 11 is 12.0. The second kappa shape index (κ2) is 18.1. The molecule has 0 radical (unpaired) electrons. The van der Waals surface area contributed by atoms with E-state index in [9.17, 15) is 18.8 Å². The average Bonchev–Trinajstić information content (AvgIpc) is 3.33. The summed E-state index contributed by atoms with van der Waals surface area (Å²) in [4.78, 5) is 46.4. The predicted octanol–water partition coefficient (Wildman–Crippen LogP) is 4.08. The van der Waals surface area contributed by atoms with Gasteiger partial charge in [0.15, 0.2) is 0 Å². The van der Waals surface area contributed by atoms with Gasteiger partial charge in [-0.25, -0.2) is 14.2 Å². The van der Waals surface area contributed by atoms with Crippen molar-refractivity contribution in [3.63, 3.8) is 0 Å². The molecule has 0 unspecified atom stereocenters. The number of fused-ring (bicyclic) bond motifs is 1. The summed E-state index contributed by atoms with van der Waals surface area (Å²) in [5.41, 5.74) is 9.50. The molecule has 0 aliphatic rings. The number of anilines is 1. The summed E-state index contributed by atoms with van der Waals surface area (Å²) in [6.45, 7) is 7.00. The molecule has 0 aliphatic carbocycles. The molecule has 1 aromatic heterocycles. The second-order valence-electron chi connectivity index (χ2n) is 11.6. The molecule has 2 amide bonds. The Morgan fingerprint density at radius 1 is 1.02 bits per heavy atom. The number of aryl methyl sites for hydroxylation is 2. The van der Waals surface area contributed by atoms with Gasteiger partial charge < -0.3 is 30.6 Å². The van der Waals surface area contributed by atoms with Crippen molar-refractivity contribution in [1.29, 1.82) is 0 Å². The van der Waals surface area contributed by atoms with Crippen molar-refractivity contribution in [2.45, 2.75) is 64.6 Å². The van der Waals surface area contributed by atoms with Gasteiger partial charge in [0.05, 0.1) is 23.7 Å². The first kappa shape index (κ1) is 37.1. The van der Waals surface area contributed by atoms with Crippen LogP contribution in [-0.4, -0.2) is 76.9 Å². The van der Waals surface area contributed by atoms with Crippen LogP contribution in [0.5, 0.6) is 0 Å². The van der Waals surface area contributed by atoms with Crippen LogP contribution in [0.1, 0.15) is 45.0 Å². The Bertz CT molecular complexity index is 1450. The van der Waals surface area contributed by atoms with Crippen LogP contribution in [0.2, 0.25) is 0 Å². The van der Waals surface area contributed by atoms with Gasteiger partial charge in [-0.1, -0.05) is 26.0 Å². The molecule has 3 rings (SSSR count). The highest BCUT2D eigenvalue weighted by Gasteiger charge is 2.30. The second-order valence-corrected chi connectivity index (χ2v) is 12.4. The molecule has 0 fully saturated rings. The molecule has 0 saturated heterocycles. The third-order valence-electron chi connectivity index (χ3n) is 7.62. The van der Waals surface area contributed by atoms with Crippen LogP contribution in [0.4, 0.5) is 10.1 Å². The maximum absolute atomic E-state index is 13.5. The van der Waals surface area contributed by atoms with Crippen LogP contribution in [0.3, 0.4) is 0 Å². The van der Waals surface area contributed by atoms with Gasteiger partial charge in [-0.05, 0) is 68.0 Å². The predicted molar refractivity (Wildman–Crippen MR) is 181 cm³/mol. The van der Waals surface area contributed by atoms with Gasteiger partial charge in [-0.15, -0.1) is 23.2 Å². The fraction of sp³-hybridized carbons (Fsp3) is 0.515. The molecule has 13 heteroatoms. The summed E-state index contributed by atoms with van der Waals surface area (Å²) in [7, 11) is 1.90. The zero-order chi connectivity index (χ0) is 33.8. The minimum Gasteiger partial charge on any atom is -0.464 e. The monoisotopic (exact) mass is 678 g/mol. The van der Waals surface area contributed by atoms with Crippen molar-refractivity contribution < 1.29 is 23.5 Å². The topological polar surface area (TPSA) is 132 Å². The van der Waals surface area contributed by atoms with Crippen LogP contribution in [0, 0.1) is 11.7 Å². The molecule has 10 nitrogen and oxygen atoms in total. The van der Waals surface area contributed by atoms with Crippen molar-refractivity contribution in [2.24, 2.45) is 18.7 Å². The third-order valence-corrected chi connectivity index (χ3v) is 7.96. The van der Waals surface area contributed by atoms with Crippen molar-refractivity contribution in [2.75, 3.05) is 36.4 Å². The number of halogens is 3. The highest BCUT2D eigenvalue weighted by atomic mass is 35.5. The quantitative estimate of drug-likeness (QED) is 0.137. The maximum Gasteiger partial charge on any atom is 0.328 e. The summed E-state index contributed by atoms with van der Waals surface area (Å²) in [5, 5.41) is 5.55. The minimum atomic E-state index is -0.967. The molecule has 252 valence electrons. The lowest BCUT2D eigenvalue weighted by molar-refractivity contribution is -0.147. The van der Waals surface area contributed by atoms with Crippen molar-refractivity contribution in [1.82, 2.24) is 20.2 Å². The van der Waals surface area contributed by atoms with Gasteiger partial charge in [0.2, 0.25) is 11.8 Å². The van der Waals surface area contributed by atoms with E-state index >= 15 is 0 Å². The fourth-order valence-corrected chi connectivity index (χ4v) is 5.63. The van der Waals surface area contributed by atoms with E-state index in [-0.39, 0.29) is 31.2 Å². The Hall–Kier alpha value is -3.41. The smallest absolute Gasteiger partial charge is 0.328 e. The van der Waals surface area contributed by atoms with Gasteiger partial charge in [-0.2, -0.15) is 0 Å². The molecule has 3 atom stereocenters. The lowest BCUT2D eigenvalue weighted by atomic mass is 10.0. The molecule has 1 heterocycles.